The molecule has 1 spiro atoms. The van der Waals surface area contributed by atoms with Crippen molar-refractivity contribution in [2.24, 2.45) is 18.4 Å². The first-order chi connectivity index (χ1) is 14.5. The van der Waals surface area contributed by atoms with Crippen molar-refractivity contribution in [2.45, 2.75) is 46.1 Å². The van der Waals surface area contributed by atoms with Crippen molar-refractivity contribution in [1.82, 2.24) is 24.6 Å². The summed E-state index contributed by atoms with van der Waals surface area (Å²) in [5.41, 5.74) is 1.72. The number of rotatable bonds is 5. The second-order valence-corrected chi connectivity index (χ2v) is 10.6. The van der Waals surface area contributed by atoms with Crippen molar-refractivity contribution in [3.8, 4) is 0 Å². The van der Waals surface area contributed by atoms with E-state index >= 15 is 0 Å². The van der Waals surface area contributed by atoms with Gasteiger partial charge in [-0.25, -0.2) is 9.97 Å². The van der Waals surface area contributed by atoms with E-state index in [-0.39, 0.29) is 0 Å². The van der Waals surface area contributed by atoms with Crippen LogP contribution >= 0.6 is 11.3 Å². The minimum atomic E-state index is 0.371. The van der Waals surface area contributed by atoms with E-state index in [1.54, 1.807) is 6.33 Å². The second-order valence-electron chi connectivity index (χ2n) is 9.51. The van der Waals surface area contributed by atoms with Gasteiger partial charge in [0.15, 0.2) is 0 Å². The zero-order valence-corrected chi connectivity index (χ0v) is 19.3. The molecular formula is C23H32N6S. The van der Waals surface area contributed by atoms with Crippen molar-refractivity contribution < 1.29 is 0 Å². The minimum Gasteiger partial charge on any atom is -0.355 e. The van der Waals surface area contributed by atoms with Gasteiger partial charge in [-0.3, -0.25) is 9.58 Å². The molecule has 3 aromatic rings. The van der Waals surface area contributed by atoms with Gasteiger partial charge in [-0.15, -0.1) is 11.3 Å². The highest BCUT2D eigenvalue weighted by molar-refractivity contribution is 7.18. The van der Waals surface area contributed by atoms with E-state index in [1.807, 2.05) is 23.1 Å². The monoisotopic (exact) mass is 424 g/mol. The Morgan fingerprint density at radius 3 is 2.73 bits per heavy atom. The molecule has 0 radical (unpaired) electrons. The van der Waals surface area contributed by atoms with Crippen molar-refractivity contribution in [3.05, 3.63) is 35.2 Å². The smallest absolute Gasteiger partial charge is 0.140 e. The molecule has 0 N–H and O–H groups in total. The lowest BCUT2D eigenvalue weighted by atomic mass is 9.86. The lowest BCUT2D eigenvalue weighted by molar-refractivity contribution is 0.170. The van der Waals surface area contributed by atoms with Crippen LogP contribution in [0.2, 0.25) is 0 Å². The lowest BCUT2D eigenvalue weighted by Gasteiger charge is -2.32. The molecule has 0 aliphatic carbocycles. The molecule has 2 saturated heterocycles. The zero-order chi connectivity index (χ0) is 20.9. The third kappa shape index (κ3) is 3.42. The molecule has 1 unspecified atom stereocenters. The van der Waals surface area contributed by atoms with Gasteiger partial charge in [0, 0.05) is 54.8 Å². The number of hydrogen-bond acceptors (Lipinski definition) is 6. The Balaban J connectivity index is 1.36. The summed E-state index contributed by atoms with van der Waals surface area (Å²) in [6, 6.07) is 2.75. The largest absolute Gasteiger partial charge is 0.355 e. The van der Waals surface area contributed by atoms with E-state index in [1.165, 1.54) is 41.8 Å². The molecule has 7 heteroatoms. The fourth-order valence-electron chi connectivity index (χ4n) is 5.59. The van der Waals surface area contributed by atoms with Gasteiger partial charge in [-0.1, -0.05) is 20.8 Å². The molecule has 6 nitrogen and oxygen atoms in total. The van der Waals surface area contributed by atoms with Gasteiger partial charge in [0.25, 0.3) is 0 Å². The number of fused-ring (bicyclic) bond motifs is 1. The molecule has 2 aliphatic rings. The van der Waals surface area contributed by atoms with Gasteiger partial charge >= 0.3 is 0 Å². The fraction of sp³-hybridized carbons (Fsp3) is 0.609. The van der Waals surface area contributed by atoms with Crippen molar-refractivity contribution in [3.63, 3.8) is 0 Å². The van der Waals surface area contributed by atoms with Crippen molar-refractivity contribution in [1.29, 1.82) is 0 Å². The van der Waals surface area contributed by atoms with E-state index in [2.05, 4.69) is 59.1 Å². The molecule has 0 saturated carbocycles. The van der Waals surface area contributed by atoms with Gasteiger partial charge in [0.05, 0.1) is 11.6 Å². The molecule has 2 atom stereocenters. The van der Waals surface area contributed by atoms with E-state index < -0.39 is 0 Å². The Morgan fingerprint density at radius 1 is 1.17 bits per heavy atom. The number of hydrogen-bond donors (Lipinski definition) is 0. The maximum absolute atomic E-state index is 4.72. The lowest BCUT2D eigenvalue weighted by Crippen LogP contribution is -2.34. The summed E-state index contributed by atoms with van der Waals surface area (Å²) in [6.45, 7) is 11.4. The molecule has 5 heterocycles. The van der Waals surface area contributed by atoms with Crippen LogP contribution in [0, 0.1) is 11.3 Å². The highest BCUT2D eigenvalue weighted by Gasteiger charge is 2.46. The summed E-state index contributed by atoms with van der Waals surface area (Å²) >= 11 is 1.81. The van der Waals surface area contributed by atoms with E-state index in [0.717, 1.165) is 30.2 Å². The van der Waals surface area contributed by atoms with Gasteiger partial charge in [0.1, 0.15) is 17.0 Å². The summed E-state index contributed by atoms with van der Waals surface area (Å²) in [6.07, 6.45) is 9.57. The van der Waals surface area contributed by atoms with E-state index in [4.69, 9.17) is 4.98 Å². The number of thiophene rings is 1. The number of likely N-dealkylation sites (tertiary alicyclic amines) is 1. The predicted molar refractivity (Wildman–Crippen MR) is 123 cm³/mol. The van der Waals surface area contributed by atoms with Crippen LogP contribution in [0.5, 0.6) is 0 Å². The molecule has 30 heavy (non-hydrogen) atoms. The van der Waals surface area contributed by atoms with Crippen LogP contribution in [0.3, 0.4) is 0 Å². The maximum atomic E-state index is 4.72. The highest BCUT2D eigenvalue weighted by Crippen LogP contribution is 2.45. The SMILES string of the molecule is CCc1cc2c(N3CC[C@@]4(CCN(C(c5cnn(C)c5)C(C)C)C4)C3)ncnc2s1. The highest BCUT2D eigenvalue weighted by atomic mass is 32.1. The first kappa shape index (κ1) is 19.9. The Hall–Kier alpha value is -1.99. The molecule has 2 aliphatic heterocycles. The number of anilines is 1. The van der Waals surface area contributed by atoms with Crippen LogP contribution in [0.15, 0.2) is 24.8 Å². The van der Waals surface area contributed by atoms with Crippen LogP contribution in [0.25, 0.3) is 10.2 Å². The summed E-state index contributed by atoms with van der Waals surface area (Å²) in [4.78, 5) is 17.0. The average molecular weight is 425 g/mol. The third-order valence-electron chi connectivity index (χ3n) is 7.00. The predicted octanol–water partition coefficient (Wildman–Crippen LogP) is 4.29. The van der Waals surface area contributed by atoms with Gasteiger partial charge in [0.2, 0.25) is 0 Å². The molecule has 5 rings (SSSR count). The quantitative estimate of drug-likeness (QED) is 0.612. The first-order valence-electron chi connectivity index (χ1n) is 11.2. The zero-order valence-electron chi connectivity index (χ0n) is 18.5. The normalized spacial score (nSPS) is 23.4. The summed E-state index contributed by atoms with van der Waals surface area (Å²) in [5, 5.41) is 5.68. The van der Waals surface area contributed by atoms with Gasteiger partial charge in [-0.2, -0.15) is 5.10 Å². The van der Waals surface area contributed by atoms with Crippen LogP contribution in [0.4, 0.5) is 5.82 Å². The fourth-order valence-corrected chi connectivity index (χ4v) is 6.52. The van der Waals surface area contributed by atoms with Crippen LogP contribution < -0.4 is 4.90 Å². The van der Waals surface area contributed by atoms with Crippen molar-refractivity contribution >= 4 is 27.4 Å². The van der Waals surface area contributed by atoms with Gasteiger partial charge in [-0.05, 0) is 37.8 Å². The Morgan fingerprint density at radius 2 is 2.00 bits per heavy atom. The number of aromatic nitrogens is 4. The standard InChI is InChI=1S/C23H32N6S/c1-5-18-10-19-21(24-15-25-22(19)30-18)29-9-7-23(14-29)6-8-28(13-23)20(16(2)3)17-11-26-27(4)12-17/h10-12,15-16,20H,5-9,13-14H2,1-4H3/t20?,23-/m1/s1. The van der Waals surface area contributed by atoms with Gasteiger partial charge < -0.3 is 4.90 Å². The van der Waals surface area contributed by atoms with E-state index in [9.17, 15) is 0 Å². The van der Waals surface area contributed by atoms with Crippen molar-refractivity contribution in [2.75, 3.05) is 31.1 Å². The number of aryl methyl sites for hydroxylation is 2. The number of nitrogens with zero attached hydrogens (tertiary/aromatic N) is 6. The molecule has 2 fully saturated rings. The molecule has 3 aromatic heterocycles. The Labute approximate surface area is 182 Å². The topological polar surface area (TPSA) is 50.1 Å². The summed E-state index contributed by atoms with van der Waals surface area (Å²) in [5.74, 6) is 1.71. The molecule has 160 valence electrons. The Kier molecular flexibility index (Phi) is 5.06. The molecule has 0 bridgehead atoms. The maximum Gasteiger partial charge on any atom is 0.140 e. The minimum absolute atomic E-state index is 0.371. The second kappa shape index (κ2) is 7.61. The Bertz CT molecular complexity index is 1040. The third-order valence-corrected chi connectivity index (χ3v) is 8.19. The first-order valence-corrected chi connectivity index (χ1v) is 12.0. The molecular weight excluding hydrogens is 392 g/mol. The van der Waals surface area contributed by atoms with Crippen LogP contribution in [0.1, 0.15) is 50.1 Å². The van der Waals surface area contributed by atoms with Crippen LogP contribution in [-0.2, 0) is 13.5 Å². The molecule has 0 aromatic carbocycles. The average Bonchev–Trinajstić information content (AvgIpc) is 3.50. The summed E-state index contributed by atoms with van der Waals surface area (Å²) < 4.78 is 1.93. The molecule has 0 amide bonds. The van der Waals surface area contributed by atoms with Crippen LogP contribution in [-0.4, -0.2) is 50.8 Å². The summed E-state index contributed by atoms with van der Waals surface area (Å²) in [7, 11) is 2.01. The van der Waals surface area contributed by atoms with E-state index in [0.29, 0.717) is 17.4 Å².